The lowest BCUT2D eigenvalue weighted by molar-refractivity contribution is -0.126. The van der Waals surface area contributed by atoms with Crippen LogP contribution in [0.15, 0.2) is 29.2 Å². The van der Waals surface area contributed by atoms with Gasteiger partial charge in [-0.25, -0.2) is 13.4 Å². The Morgan fingerprint density at radius 1 is 1.42 bits per heavy atom. The van der Waals surface area contributed by atoms with Crippen molar-refractivity contribution in [1.82, 2.24) is 15.2 Å². The molecule has 138 valence electrons. The largest absolute Gasteiger partial charge is 0.472 e. The fourth-order valence-electron chi connectivity index (χ4n) is 3.71. The second kappa shape index (κ2) is 5.92. The molecule has 0 radical (unpaired) electrons. The van der Waals surface area contributed by atoms with E-state index in [-0.39, 0.29) is 30.7 Å². The van der Waals surface area contributed by atoms with Gasteiger partial charge in [0.15, 0.2) is 9.84 Å². The van der Waals surface area contributed by atoms with Crippen LogP contribution in [0.25, 0.3) is 10.6 Å². The zero-order valence-corrected chi connectivity index (χ0v) is 15.6. The summed E-state index contributed by atoms with van der Waals surface area (Å²) in [5.41, 5.74) is 0.784. The summed E-state index contributed by atoms with van der Waals surface area (Å²) in [5, 5.41) is 3.20. The van der Waals surface area contributed by atoms with Gasteiger partial charge < -0.3 is 14.6 Å². The lowest BCUT2D eigenvalue weighted by Gasteiger charge is -2.49. The molecule has 26 heavy (non-hydrogen) atoms. The standard InChI is InChI=1S/C16H17N3O5S2/c1-17-13(20)11-3-5-26(22,23)16(11)8-19(9-16)15(21)12-6-18-14(25-12)10-2-4-24-7-10/h2,4,6-7,11H,3,5,8-9H2,1H3,(H,17,20). The Morgan fingerprint density at radius 3 is 2.85 bits per heavy atom. The van der Waals surface area contributed by atoms with Gasteiger partial charge in [0.2, 0.25) is 5.91 Å². The van der Waals surface area contributed by atoms with Crippen molar-refractivity contribution in [1.29, 1.82) is 0 Å². The molecule has 2 amide bonds. The van der Waals surface area contributed by atoms with Crippen LogP contribution in [0.2, 0.25) is 0 Å². The van der Waals surface area contributed by atoms with E-state index in [2.05, 4.69) is 10.3 Å². The number of aromatic nitrogens is 1. The maximum absolute atomic E-state index is 12.7. The number of carbonyl (C=O) groups is 2. The molecule has 0 bridgehead atoms. The van der Waals surface area contributed by atoms with Gasteiger partial charge in [-0.15, -0.1) is 11.3 Å². The Balaban J connectivity index is 1.53. The van der Waals surface area contributed by atoms with Gasteiger partial charge in [0, 0.05) is 25.7 Å². The molecule has 4 heterocycles. The summed E-state index contributed by atoms with van der Waals surface area (Å²) in [6.07, 6.45) is 4.86. The number of carbonyl (C=O) groups excluding carboxylic acids is 2. The Labute approximate surface area is 154 Å². The third-order valence-electron chi connectivity index (χ3n) is 5.18. The number of thiazole rings is 1. The van der Waals surface area contributed by atoms with Crippen LogP contribution in [0.5, 0.6) is 0 Å². The highest BCUT2D eigenvalue weighted by Gasteiger charge is 2.64. The first-order chi connectivity index (χ1) is 12.4. The molecule has 1 spiro atoms. The van der Waals surface area contributed by atoms with Crippen LogP contribution in [0.4, 0.5) is 0 Å². The zero-order chi connectivity index (χ0) is 18.5. The third-order valence-corrected chi connectivity index (χ3v) is 8.77. The number of furan rings is 1. The van der Waals surface area contributed by atoms with Crippen molar-refractivity contribution in [3.63, 3.8) is 0 Å². The molecule has 2 aromatic rings. The van der Waals surface area contributed by atoms with E-state index in [9.17, 15) is 18.0 Å². The van der Waals surface area contributed by atoms with Crippen LogP contribution in [0, 0.1) is 5.92 Å². The molecule has 2 fully saturated rings. The Hall–Kier alpha value is -2.20. The number of rotatable bonds is 3. The predicted octanol–water partition coefficient (Wildman–Crippen LogP) is 0.778. The highest BCUT2D eigenvalue weighted by Crippen LogP contribution is 2.45. The topological polar surface area (TPSA) is 110 Å². The molecule has 0 saturated carbocycles. The van der Waals surface area contributed by atoms with Crippen molar-refractivity contribution in [2.75, 3.05) is 25.9 Å². The third kappa shape index (κ3) is 2.39. The molecule has 2 aromatic heterocycles. The van der Waals surface area contributed by atoms with Gasteiger partial charge >= 0.3 is 0 Å². The lowest BCUT2D eigenvalue weighted by atomic mass is 9.82. The van der Waals surface area contributed by atoms with E-state index in [1.54, 1.807) is 12.3 Å². The number of likely N-dealkylation sites (tertiary alicyclic amines) is 1. The maximum Gasteiger partial charge on any atom is 0.265 e. The molecule has 4 rings (SSSR count). The van der Waals surface area contributed by atoms with Gasteiger partial charge in [-0.1, -0.05) is 0 Å². The Bertz CT molecular complexity index is 958. The van der Waals surface area contributed by atoms with Gasteiger partial charge in [-0.05, 0) is 12.5 Å². The smallest absolute Gasteiger partial charge is 0.265 e. The quantitative estimate of drug-likeness (QED) is 0.822. The fourth-order valence-corrected chi connectivity index (χ4v) is 6.89. The van der Waals surface area contributed by atoms with Gasteiger partial charge in [0.1, 0.15) is 20.9 Å². The molecule has 1 N–H and O–H groups in total. The molecule has 0 aromatic carbocycles. The van der Waals surface area contributed by atoms with Crippen molar-refractivity contribution in [2.45, 2.75) is 11.2 Å². The second-order valence-electron chi connectivity index (χ2n) is 6.54. The van der Waals surface area contributed by atoms with E-state index in [1.807, 2.05) is 0 Å². The van der Waals surface area contributed by atoms with Crippen molar-refractivity contribution < 1.29 is 22.4 Å². The number of hydrogen-bond acceptors (Lipinski definition) is 7. The fraction of sp³-hybridized carbons (Fsp3) is 0.438. The van der Waals surface area contributed by atoms with Gasteiger partial charge in [-0.3, -0.25) is 9.59 Å². The highest BCUT2D eigenvalue weighted by atomic mass is 32.2. The summed E-state index contributed by atoms with van der Waals surface area (Å²) in [7, 11) is -1.92. The molecule has 2 aliphatic heterocycles. The monoisotopic (exact) mass is 395 g/mol. The molecular formula is C16H17N3O5S2. The zero-order valence-electron chi connectivity index (χ0n) is 14.0. The van der Waals surface area contributed by atoms with Crippen molar-refractivity contribution in [3.8, 4) is 10.6 Å². The van der Waals surface area contributed by atoms with E-state index >= 15 is 0 Å². The highest BCUT2D eigenvalue weighted by molar-refractivity contribution is 7.93. The average molecular weight is 395 g/mol. The average Bonchev–Trinajstić information content (AvgIpc) is 3.29. The minimum absolute atomic E-state index is 0.0156. The Morgan fingerprint density at radius 2 is 2.19 bits per heavy atom. The van der Waals surface area contributed by atoms with Gasteiger partial charge in [0.25, 0.3) is 5.91 Å². The predicted molar refractivity (Wildman–Crippen MR) is 94.4 cm³/mol. The minimum atomic E-state index is -3.41. The molecular weight excluding hydrogens is 378 g/mol. The molecule has 8 nitrogen and oxygen atoms in total. The SMILES string of the molecule is CNC(=O)C1CCS(=O)(=O)C12CN(C(=O)c1cnc(-c3ccoc3)s1)C2. The van der Waals surface area contributed by atoms with Gasteiger partial charge in [-0.2, -0.15) is 0 Å². The summed E-state index contributed by atoms with van der Waals surface area (Å²) < 4.78 is 28.9. The van der Waals surface area contributed by atoms with Crippen LogP contribution in [-0.2, 0) is 14.6 Å². The van der Waals surface area contributed by atoms with Crippen LogP contribution >= 0.6 is 11.3 Å². The van der Waals surface area contributed by atoms with E-state index in [0.717, 1.165) is 5.56 Å². The van der Waals surface area contributed by atoms with Gasteiger partial charge in [0.05, 0.1) is 24.1 Å². The van der Waals surface area contributed by atoms with Crippen LogP contribution < -0.4 is 5.32 Å². The number of hydrogen-bond donors (Lipinski definition) is 1. The Kier molecular flexibility index (Phi) is 3.92. The minimum Gasteiger partial charge on any atom is -0.472 e. The van der Waals surface area contributed by atoms with Crippen molar-refractivity contribution in [2.24, 2.45) is 5.92 Å². The lowest BCUT2D eigenvalue weighted by Crippen LogP contribution is -2.69. The molecule has 1 atom stereocenters. The normalized spacial score (nSPS) is 23.0. The molecule has 10 heteroatoms. The van der Waals surface area contributed by atoms with Crippen molar-refractivity contribution in [3.05, 3.63) is 29.7 Å². The molecule has 0 aliphatic carbocycles. The number of nitrogens with zero attached hydrogens (tertiary/aromatic N) is 2. The maximum atomic E-state index is 12.7. The molecule has 1 unspecified atom stereocenters. The van der Waals surface area contributed by atoms with Crippen LogP contribution in [0.3, 0.4) is 0 Å². The first kappa shape index (κ1) is 17.2. The van der Waals surface area contributed by atoms with E-state index in [0.29, 0.717) is 16.3 Å². The molecule has 2 saturated heterocycles. The summed E-state index contributed by atoms with van der Waals surface area (Å²) in [5.74, 6) is -1.17. The summed E-state index contributed by atoms with van der Waals surface area (Å²) in [4.78, 5) is 30.9. The van der Waals surface area contributed by atoms with Crippen LogP contribution in [0.1, 0.15) is 16.1 Å². The van der Waals surface area contributed by atoms with Crippen molar-refractivity contribution >= 4 is 33.0 Å². The second-order valence-corrected chi connectivity index (χ2v) is 10.0. The van der Waals surface area contributed by atoms with E-state index in [1.165, 1.54) is 35.7 Å². The number of amides is 2. The molecule has 2 aliphatic rings. The van der Waals surface area contributed by atoms with E-state index in [4.69, 9.17) is 4.42 Å². The van der Waals surface area contributed by atoms with Crippen LogP contribution in [-0.4, -0.2) is 60.8 Å². The number of sulfone groups is 1. The van der Waals surface area contributed by atoms with E-state index < -0.39 is 20.5 Å². The summed E-state index contributed by atoms with van der Waals surface area (Å²) in [6.45, 7) is 0.0936. The summed E-state index contributed by atoms with van der Waals surface area (Å²) in [6, 6.07) is 1.75. The number of nitrogens with one attached hydrogen (secondary N) is 1. The first-order valence-electron chi connectivity index (χ1n) is 8.09. The first-order valence-corrected chi connectivity index (χ1v) is 10.6. The summed E-state index contributed by atoms with van der Waals surface area (Å²) >= 11 is 1.23.